The summed E-state index contributed by atoms with van der Waals surface area (Å²) in [6.45, 7) is 3.25. The minimum Gasteiger partial charge on any atom is -0.496 e. The summed E-state index contributed by atoms with van der Waals surface area (Å²) in [5.41, 5.74) is 7.49. The highest BCUT2D eigenvalue weighted by molar-refractivity contribution is 5.35. The predicted octanol–water partition coefficient (Wildman–Crippen LogP) is 3.21. The van der Waals surface area contributed by atoms with E-state index in [0.717, 1.165) is 23.8 Å². The van der Waals surface area contributed by atoms with Gasteiger partial charge in [0.2, 0.25) is 0 Å². The van der Waals surface area contributed by atoms with Gasteiger partial charge >= 0.3 is 0 Å². The number of ether oxygens (including phenoxy) is 1. The fraction of sp³-hybridized carbons (Fsp3) is 0.647. The number of nitrogens with two attached hydrogens (primary N) is 1. The molecule has 1 aliphatic rings. The molecule has 0 radical (unpaired) electrons. The molecule has 2 rings (SSSR count). The lowest BCUT2D eigenvalue weighted by Crippen LogP contribution is -2.39. The van der Waals surface area contributed by atoms with Crippen LogP contribution in [0.1, 0.15) is 44.2 Å². The Balaban J connectivity index is 1.98. The van der Waals surface area contributed by atoms with E-state index in [0.29, 0.717) is 6.04 Å². The first-order valence-corrected chi connectivity index (χ1v) is 7.70. The Morgan fingerprint density at radius 3 is 2.80 bits per heavy atom. The van der Waals surface area contributed by atoms with Crippen molar-refractivity contribution in [3.05, 3.63) is 29.8 Å². The molecule has 1 aromatic carbocycles. The molecule has 1 aliphatic carbocycles. The summed E-state index contributed by atoms with van der Waals surface area (Å²) in [5, 5.41) is 0. The minimum atomic E-state index is 0.00776. The predicted molar refractivity (Wildman–Crippen MR) is 84.0 cm³/mol. The van der Waals surface area contributed by atoms with E-state index in [-0.39, 0.29) is 6.04 Å². The van der Waals surface area contributed by atoms with Crippen LogP contribution in [0.3, 0.4) is 0 Å². The van der Waals surface area contributed by atoms with Gasteiger partial charge < -0.3 is 15.4 Å². The first-order valence-electron chi connectivity index (χ1n) is 7.70. The highest BCUT2D eigenvalue weighted by atomic mass is 16.5. The summed E-state index contributed by atoms with van der Waals surface area (Å²) >= 11 is 0. The summed E-state index contributed by atoms with van der Waals surface area (Å²) in [7, 11) is 3.91. The number of hydrogen-bond acceptors (Lipinski definition) is 3. The average Bonchev–Trinajstić information content (AvgIpc) is 2.47. The Bertz CT molecular complexity index is 421. The van der Waals surface area contributed by atoms with Gasteiger partial charge in [0.15, 0.2) is 0 Å². The maximum absolute atomic E-state index is 6.39. The van der Waals surface area contributed by atoms with Crippen LogP contribution < -0.4 is 10.5 Å². The molecule has 3 heteroatoms. The molecule has 0 spiro atoms. The van der Waals surface area contributed by atoms with E-state index in [2.05, 4.69) is 24.9 Å². The number of para-hydroxylation sites is 1. The van der Waals surface area contributed by atoms with E-state index in [1.807, 2.05) is 18.2 Å². The van der Waals surface area contributed by atoms with Crippen LogP contribution in [-0.4, -0.2) is 31.6 Å². The Labute approximate surface area is 123 Å². The lowest BCUT2D eigenvalue weighted by atomic mass is 9.86. The van der Waals surface area contributed by atoms with Crippen molar-refractivity contribution in [3.63, 3.8) is 0 Å². The van der Waals surface area contributed by atoms with E-state index < -0.39 is 0 Å². The van der Waals surface area contributed by atoms with Gasteiger partial charge in [0.05, 0.1) is 7.11 Å². The zero-order valence-corrected chi connectivity index (χ0v) is 13.0. The molecule has 1 aromatic rings. The smallest absolute Gasteiger partial charge is 0.123 e. The van der Waals surface area contributed by atoms with Crippen LogP contribution >= 0.6 is 0 Å². The number of rotatable bonds is 5. The molecule has 0 aliphatic heterocycles. The molecule has 0 aromatic heterocycles. The molecule has 3 unspecified atom stereocenters. The van der Waals surface area contributed by atoms with Gasteiger partial charge in [0, 0.05) is 24.2 Å². The second-order valence-corrected chi connectivity index (χ2v) is 6.21. The van der Waals surface area contributed by atoms with Crippen LogP contribution in [0.2, 0.25) is 0 Å². The van der Waals surface area contributed by atoms with Gasteiger partial charge in [0.1, 0.15) is 5.75 Å². The van der Waals surface area contributed by atoms with E-state index in [1.54, 1.807) is 7.11 Å². The highest BCUT2D eigenvalue weighted by Gasteiger charge is 2.24. The molecule has 2 N–H and O–H groups in total. The third kappa shape index (κ3) is 3.74. The Hall–Kier alpha value is -1.06. The largest absolute Gasteiger partial charge is 0.496 e. The molecule has 0 amide bonds. The number of nitrogens with zero attached hydrogens (tertiary/aromatic N) is 1. The molecule has 1 saturated carbocycles. The molecule has 20 heavy (non-hydrogen) atoms. The van der Waals surface area contributed by atoms with Crippen LogP contribution in [0, 0.1) is 5.92 Å². The maximum atomic E-state index is 6.39. The summed E-state index contributed by atoms with van der Waals surface area (Å²) in [4.78, 5) is 2.44. The van der Waals surface area contributed by atoms with Gasteiger partial charge in [0.25, 0.3) is 0 Å². The number of likely N-dealkylation sites (N-methyl/N-ethyl adjacent to an activating group) is 1. The van der Waals surface area contributed by atoms with E-state index in [1.165, 1.54) is 25.7 Å². The van der Waals surface area contributed by atoms with Crippen LogP contribution in [0.5, 0.6) is 5.75 Å². The monoisotopic (exact) mass is 276 g/mol. The van der Waals surface area contributed by atoms with E-state index in [9.17, 15) is 0 Å². The Kier molecular flexibility index (Phi) is 5.44. The van der Waals surface area contributed by atoms with Crippen molar-refractivity contribution in [1.82, 2.24) is 4.90 Å². The number of hydrogen-bond donors (Lipinski definition) is 1. The number of methoxy groups -OCH3 is 1. The molecule has 1 fully saturated rings. The van der Waals surface area contributed by atoms with Gasteiger partial charge in [-0.05, 0) is 31.9 Å². The normalized spacial score (nSPS) is 24.6. The molecule has 112 valence electrons. The summed E-state index contributed by atoms with van der Waals surface area (Å²) < 4.78 is 5.41. The fourth-order valence-electron chi connectivity index (χ4n) is 3.33. The average molecular weight is 276 g/mol. The molecule has 0 heterocycles. The highest BCUT2D eigenvalue weighted by Crippen LogP contribution is 2.29. The quantitative estimate of drug-likeness (QED) is 0.897. The SMILES string of the molecule is COc1ccccc1C(N)CN(C)C1CCCC(C)C1. The van der Waals surface area contributed by atoms with Crippen LogP contribution in [0.25, 0.3) is 0 Å². The Morgan fingerprint density at radius 2 is 2.10 bits per heavy atom. The van der Waals surface area contributed by atoms with Gasteiger partial charge in [-0.15, -0.1) is 0 Å². The van der Waals surface area contributed by atoms with Gasteiger partial charge in [-0.1, -0.05) is 38.0 Å². The lowest BCUT2D eigenvalue weighted by molar-refractivity contribution is 0.156. The standard InChI is InChI=1S/C17H28N2O/c1-13-7-6-8-14(11-13)19(2)12-16(18)15-9-4-5-10-17(15)20-3/h4-5,9-10,13-14,16H,6-8,11-12,18H2,1-3H3. The van der Waals surface area contributed by atoms with Crippen molar-refractivity contribution in [3.8, 4) is 5.75 Å². The van der Waals surface area contributed by atoms with Gasteiger partial charge in [-0.25, -0.2) is 0 Å². The zero-order valence-electron chi connectivity index (χ0n) is 13.0. The van der Waals surface area contributed by atoms with Crippen molar-refractivity contribution in [2.75, 3.05) is 20.7 Å². The molecule has 3 atom stereocenters. The van der Waals surface area contributed by atoms with Gasteiger partial charge in [-0.3, -0.25) is 0 Å². The van der Waals surface area contributed by atoms with Crippen LogP contribution in [-0.2, 0) is 0 Å². The third-order valence-corrected chi connectivity index (χ3v) is 4.56. The third-order valence-electron chi connectivity index (χ3n) is 4.56. The molecule has 3 nitrogen and oxygen atoms in total. The van der Waals surface area contributed by atoms with Crippen molar-refractivity contribution < 1.29 is 4.74 Å². The summed E-state index contributed by atoms with van der Waals surface area (Å²) in [5.74, 6) is 1.74. The first kappa shape index (κ1) is 15.3. The second-order valence-electron chi connectivity index (χ2n) is 6.21. The molecular formula is C17H28N2O. The lowest BCUT2D eigenvalue weighted by Gasteiger charge is -2.35. The Morgan fingerprint density at radius 1 is 1.35 bits per heavy atom. The zero-order chi connectivity index (χ0) is 14.5. The number of benzene rings is 1. The molecular weight excluding hydrogens is 248 g/mol. The van der Waals surface area contributed by atoms with Crippen LogP contribution in [0.4, 0.5) is 0 Å². The molecule has 0 saturated heterocycles. The van der Waals surface area contributed by atoms with Gasteiger partial charge in [-0.2, -0.15) is 0 Å². The first-order chi connectivity index (χ1) is 9.61. The fourth-order valence-corrected chi connectivity index (χ4v) is 3.33. The van der Waals surface area contributed by atoms with Crippen LogP contribution in [0.15, 0.2) is 24.3 Å². The van der Waals surface area contributed by atoms with Crippen molar-refractivity contribution in [2.24, 2.45) is 11.7 Å². The molecule has 0 bridgehead atoms. The summed E-state index contributed by atoms with van der Waals surface area (Å²) in [6, 6.07) is 8.76. The second kappa shape index (κ2) is 7.09. The summed E-state index contributed by atoms with van der Waals surface area (Å²) in [6.07, 6.45) is 5.33. The maximum Gasteiger partial charge on any atom is 0.123 e. The minimum absolute atomic E-state index is 0.00776. The van der Waals surface area contributed by atoms with E-state index >= 15 is 0 Å². The van der Waals surface area contributed by atoms with Crippen molar-refractivity contribution >= 4 is 0 Å². The van der Waals surface area contributed by atoms with Crippen molar-refractivity contribution in [2.45, 2.75) is 44.7 Å². The van der Waals surface area contributed by atoms with E-state index in [4.69, 9.17) is 10.5 Å². The van der Waals surface area contributed by atoms with Crippen molar-refractivity contribution in [1.29, 1.82) is 0 Å². The topological polar surface area (TPSA) is 38.5 Å².